The number of Topliss-reactive ketones (excluding diaryl/α,β-unsaturated/α-hetero) is 1. The number of benzene rings is 2. The highest BCUT2D eigenvalue weighted by Crippen LogP contribution is 2.22. The van der Waals surface area contributed by atoms with Crippen molar-refractivity contribution in [3.8, 4) is 0 Å². The lowest BCUT2D eigenvalue weighted by Crippen LogP contribution is -2.52. The molecule has 3 rings (SSSR count). The first-order valence-electron chi connectivity index (χ1n) is 9.72. The van der Waals surface area contributed by atoms with Gasteiger partial charge in [0.15, 0.2) is 5.78 Å². The Morgan fingerprint density at radius 2 is 1.66 bits per heavy atom. The molecule has 2 amide bonds. The number of halogens is 2. The molecule has 0 bridgehead atoms. The van der Waals surface area contributed by atoms with Crippen molar-refractivity contribution in [1.29, 1.82) is 0 Å². The number of carbonyl (C=O) groups is 2. The largest absolute Gasteiger partial charge is 0.324 e. The summed E-state index contributed by atoms with van der Waals surface area (Å²) in [6.07, 6.45) is 0. The third-order valence-corrected chi connectivity index (χ3v) is 5.25. The van der Waals surface area contributed by atoms with Crippen LogP contribution >= 0.6 is 0 Å². The molecule has 29 heavy (non-hydrogen) atoms. The predicted octanol–water partition coefficient (Wildman–Crippen LogP) is 3.93. The summed E-state index contributed by atoms with van der Waals surface area (Å²) >= 11 is 0. The van der Waals surface area contributed by atoms with Crippen LogP contribution in [0.3, 0.4) is 0 Å². The Balaban J connectivity index is 1.87. The number of anilines is 1. The van der Waals surface area contributed by atoms with Crippen molar-refractivity contribution in [2.75, 3.05) is 37.6 Å². The van der Waals surface area contributed by atoms with Gasteiger partial charge in [0.1, 0.15) is 11.6 Å². The summed E-state index contributed by atoms with van der Waals surface area (Å²) in [5.74, 6) is -1.18. The third-order valence-electron chi connectivity index (χ3n) is 5.25. The molecule has 0 spiro atoms. The SMILES string of the molecule is CCN1CCN(C(=O)N(Cc2ccc(C(C)=O)cc2F)c2ccc(F)cc2)CC1. The van der Waals surface area contributed by atoms with Crippen molar-refractivity contribution < 1.29 is 18.4 Å². The summed E-state index contributed by atoms with van der Waals surface area (Å²) in [6, 6.07) is 9.58. The number of likely N-dealkylation sites (N-methyl/N-ethyl adjacent to an activating group) is 1. The quantitative estimate of drug-likeness (QED) is 0.713. The number of rotatable bonds is 5. The molecule has 0 unspecified atom stereocenters. The van der Waals surface area contributed by atoms with Crippen molar-refractivity contribution >= 4 is 17.5 Å². The number of hydrogen-bond acceptors (Lipinski definition) is 3. The summed E-state index contributed by atoms with van der Waals surface area (Å²) < 4.78 is 28.0. The van der Waals surface area contributed by atoms with E-state index in [9.17, 15) is 18.4 Å². The minimum atomic E-state index is -0.548. The number of piperazine rings is 1. The van der Waals surface area contributed by atoms with Gasteiger partial charge in [-0.3, -0.25) is 9.69 Å². The molecule has 0 N–H and O–H groups in total. The Labute approximate surface area is 169 Å². The van der Waals surface area contributed by atoms with Crippen LogP contribution < -0.4 is 4.90 Å². The smallest absolute Gasteiger partial charge is 0.322 e. The molecule has 1 aliphatic rings. The molecule has 1 saturated heterocycles. The van der Waals surface area contributed by atoms with Crippen molar-refractivity contribution in [3.63, 3.8) is 0 Å². The van der Waals surface area contributed by atoms with Crippen molar-refractivity contribution in [1.82, 2.24) is 9.80 Å². The minimum absolute atomic E-state index is 0.0114. The normalized spacial score (nSPS) is 14.7. The fourth-order valence-corrected chi connectivity index (χ4v) is 3.38. The second-order valence-corrected chi connectivity index (χ2v) is 7.13. The van der Waals surface area contributed by atoms with E-state index in [4.69, 9.17) is 0 Å². The van der Waals surface area contributed by atoms with Gasteiger partial charge in [-0.25, -0.2) is 13.6 Å². The molecule has 2 aromatic rings. The van der Waals surface area contributed by atoms with E-state index in [1.54, 1.807) is 11.0 Å². The van der Waals surface area contributed by atoms with Crippen LogP contribution in [0.5, 0.6) is 0 Å². The summed E-state index contributed by atoms with van der Waals surface area (Å²) in [6.45, 7) is 7.09. The van der Waals surface area contributed by atoms with Gasteiger partial charge in [-0.15, -0.1) is 0 Å². The van der Waals surface area contributed by atoms with Gasteiger partial charge in [0.05, 0.1) is 6.54 Å². The van der Waals surface area contributed by atoms with Gasteiger partial charge in [-0.1, -0.05) is 19.1 Å². The minimum Gasteiger partial charge on any atom is -0.322 e. The lowest BCUT2D eigenvalue weighted by Gasteiger charge is -2.37. The first kappa shape index (κ1) is 20.9. The zero-order valence-corrected chi connectivity index (χ0v) is 16.7. The molecular weight excluding hydrogens is 376 g/mol. The van der Waals surface area contributed by atoms with Crippen LogP contribution in [0.2, 0.25) is 0 Å². The second-order valence-electron chi connectivity index (χ2n) is 7.13. The van der Waals surface area contributed by atoms with Gasteiger partial charge in [-0.2, -0.15) is 0 Å². The molecule has 1 fully saturated rings. The molecule has 0 atom stereocenters. The van der Waals surface area contributed by atoms with Crippen LogP contribution in [0.15, 0.2) is 42.5 Å². The second kappa shape index (κ2) is 9.13. The van der Waals surface area contributed by atoms with Crippen LogP contribution in [0.1, 0.15) is 29.8 Å². The fourth-order valence-electron chi connectivity index (χ4n) is 3.38. The van der Waals surface area contributed by atoms with E-state index < -0.39 is 11.6 Å². The number of carbonyl (C=O) groups excluding carboxylic acids is 2. The Kier molecular flexibility index (Phi) is 6.59. The summed E-state index contributed by atoms with van der Waals surface area (Å²) in [5, 5.41) is 0. The van der Waals surface area contributed by atoms with E-state index in [0.717, 1.165) is 19.6 Å². The Bertz CT molecular complexity index is 878. The van der Waals surface area contributed by atoms with Gasteiger partial charge < -0.3 is 9.80 Å². The fraction of sp³-hybridized carbons (Fsp3) is 0.364. The average Bonchev–Trinajstić information content (AvgIpc) is 2.73. The molecule has 1 heterocycles. The standard InChI is InChI=1S/C22H25F2N3O2/c1-3-25-10-12-26(13-11-25)22(29)27(20-8-6-19(23)7-9-20)15-18-5-4-17(16(2)28)14-21(18)24/h4-9,14H,3,10-13,15H2,1-2H3. The van der Waals surface area contributed by atoms with E-state index in [0.29, 0.717) is 24.3 Å². The van der Waals surface area contributed by atoms with E-state index >= 15 is 0 Å². The topological polar surface area (TPSA) is 43.9 Å². The first-order chi connectivity index (χ1) is 13.9. The van der Waals surface area contributed by atoms with E-state index in [2.05, 4.69) is 11.8 Å². The zero-order chi connectivity index (χ0) is 21.0. The highest BCUT2D eigenvalue weighted by molar-refractivity contribution is 5.94. The van der Waals surface area contributed by atoms with E-state index in [1.807, 2.05) is 0 Å². The predicted molar refractivity (Wildman–Crippen MR) is 108 cm³/mol. The van der Waals surface area contributed by atoms with E-state index in [1.165, 1.54) is 48.2 Å². The van der Waals surface area contributed by atoms with Crippen LogP contribution in [0.25, 0.3) is 0 Å². The Morgan fingerprint density at radius 1 is 1.00 bits per heavy atom. The van der Waals surface area contributed by atoms with Gasteiger partial charge in [-0.05, 0) is 43.8 Å². The van der Waals surface area contributed by atoms with E-state index in [-0.39, 0.29) is 23.9 Å². The van der Waals surface area contributed by atoms with Gasteiger partial charge in [0.25, 0.3) is 0 Å². The Hall–Kier alpha value is -2.80. The van der Waals surface area contributed by atoms with Crippen molar-refractivity contribution in [2.45, 2.75) is 20.4 Å². The maximum atomic E-state index is 14.6. The molecule has 0 radical (unpaired) electrons. The van der Waals surface area contributed by atoms with Crippen LogP contribution in [0.4, 0.5) is 19.3 Å². The highest BCUT2D eigenvalue weighted by atomic mass is 19.1. The van der Waals surface area contributed by atoms with Gasteiger partial charge in [0, 0.05) is 43.0 Å². The summed E-state index contributed by atoms with van der Waals surface area (Å²) in [7, 11) is 0. The Morgan fingerprint density at radius 3 is 2.21 bits per heavy atom. The summed E-state index contributed by atoms with van der Waals surface area (Å²) in [5.41, 5.74) is 1.06. The molecule has 5 nitrogen and oxygen atoms in total. The zero-order valence-electron chi connectivity index (χ0n) is 16.7. The maximum absolute atomic E-state index is 14.6. The molecular formula is C22H25F2N3O2. The molecule has 0 saturated carbocycles. The molecule has 2 aromatic carbocycles. The number of urea groups is 1. The first-order valence-corrected chi connectivity index (χ1v) is 9.72. The molecule has 1 aliphatic heterocycles. The lowest BCUT2D eigenvalue weighted by atomic mass is 10.1. The van der Waals surface area contributed by atoms with Crippen LogP contribution in [0, 0.1) is 11.6 Å². The molecule has 0 aliphatic carbocycles. The summed E-state index contributed by atoms with van der Waals surface area (Å²) in [4.78, 5) is 30.1. The monoisotopic (exact) mass is 401 g/mol. The van der Waals surface area contributed by atoms with Gasteiger partial charge >= 0.3 is 6.03 Å². The number of hydrogen-bond donors (Lipinski definition) is 0. The van der Waals surface area contributed by atoms with Crippen LogP contribution in [-0.4, -0.2) is 54.3 Å². The van der Waals surface area contributed by atoms with Crippen molar-refractivity contribution in [2.24, 2.45) is 0 Å². The third kappa shape index (κ3) is 4.98. The number of nitrogens with zero attached hydrogens (tertiary/aromatic N) is 3. The van der Waals surface area contributed by atoms with Crippen LogP contribution in [-0.2, 0) is 6.54 Å². The molecule has 7 heteroatoms. The average molecular weight is 401 g/mol. The number of ketones is 1. The van der Waals surface area contributed by atoms with Gasteiger partial charge in [0.2, 0.25) is 0 Å². The molecule has 0 aromatic heterocycles. The maximum Gasteiger partial charge on any atom is 0.324 e. The number of amides is 2. The van der Waals surface area contributed by atoms with Crippen molar-refractivity contribution in [3.05, 3.63) is 65.2 Å². The highest BCUT2D eigenvalue weighted by Gasteiger charge is 2.26. The molecule has 154 valence electrons. The lowest BCUT2D eigenvalue weighted by molar-refractivity contribution is 0.101.